The normalized spacial score (nSPS) is 16.5. The largest absolute Gasteiger partial charge is 0.449 e. The Morgan fingerprint density at radius 2 is 1.45 bits per heavy atom. The number of carbonyl (C=O) groups is 4. The zero-order chi connectivity index (χ0) is 42.1. The second kappa shape index (κ2) is 22.8. The lowest BCUT2D eigenvalue weighted by Gasteiger charge is -2.33. The van der Waals surface area contributed by atoms with E-state index in [1.165, 1.54) is 12.7 Å². The van der Waals surface area contributed by atoms with Gasteiger partial charge < -0.3 is 36.1 Å². The maximum absolute atomic E-state index is 14.4. The van der Waals surface area contributed by atoms with Crippen molar-refractivity contribution in [3.8, 4) is 0 Å². The summed E-state index contributed by atoms with van der Waals surface area (Å²) < 4.78 is 5.54. The first-order valence-electron chi connectivity index (χ1n) is 20.9. The van der Waals surface area contributed by atoms with E-state index in [1.54, 1.807) is 6.20 Å². The highest BCUT2D eigenvalue weighted by molar-refractivity contribution is 5.93. The van der Waals surface area contributed by atoms with Gasteiger partial charge in [-0.25, -0.2) is 9.78 Å². The van der Waals surface area contributed by atoms with Crippen molar-refractivity contribution in [2.24, 2.45) is 23.7 Å². The average molecular weight is 799 g/mol. The van der Waals surface area contributed by atoms with Crippen LogP contribution in [0.3, 0.4) is 0 Å². The van der Waals surface area contributed by atoms with Crippen LogP contribution in [0.1, 0.15) is 96.4 Å². The van der Waals surface area contributed by atoms with Crippen LogP contribution >= 0.6 is 0 Å². The van der Waals surface area contributed by atoms with E-state index in [9.17, 15) is 24.3 Å². The van der Waals surface area contributed by atoms with Crippen LogP contribution in [0.15, 0.2) is 85.8 Å². The van der Waals surface area contributed by atoms with Crippen LogP contribution in [-0.4, -0.2) is 75.3 Å². The molecule has 1 aliphatic rings. The Bertz CT molecular complexity index is 1700. The Labute approximate surface area is 344 Å². The Balaban J connectivity index is 1.59. The van der Waals surface area contributed by atoms with Gasteiger partial charge >= 0.3 is 6.09 Å². The number of aliphatic hydroxyl groups excluding tert-OH is 1. The molecular weight excluding hydrogens is 733 g/mol. The molecule has 12 heteroatoms. The van der Waals surface area contributed by atoms with Crippen LogP contribution in [0.5, 0.6) is 0 Å². The van der Waals surface area contributed by atoms with Crippen molar-refractivity contribution >= 4 is 23.8 Å². The third-order valence-corrected chi connectivity index (χ3v) is 10.9. The number of nitrogens with one attached hydrogen (secondary N) is 5. The summed E-state index contributed by atoms with van der Waals surface area (Å²) >= 11 is 0. The number of hydrogen-bond donors (Lipinski definition) is 6. The number of imidazole rings is 1. The second-order valence-corrected chi connectivity index (χ2v) is 17.3. The quantitative estimate of drug-likeness (QED) is 0.0695. The standard InChI is InChI=1S/C46H66N6O6/c1-7-35(31(2)3)26-41(53)38(24-33-19-13-9-14-20-33)49-44(56)40(27-37-28-47-30-48-37)51-43(55)39(25-34-21-15-10-16-22-34)50-42(54)36(23-32-17-11-8-12-18-32)29-58-45(57)52-46(4,5)6/h7-8,10-12,15-18,21-22,28,30-31,33,35-36,38-41,53H,1,9,13-14,19-20,23-27,29H2,2-6H3,(H,47,48)(H,49,56)(H,50,54)(H,51,55)(H,52,57)/t35-,36-,38-,39-,40-,41-/m0/s1. The molecule has 0 saturated heterocycles. The fraction of sp³-hybridized carbons (Fsp3) is 0.543. The molecule has 1 aromatic heterocycles. The molecule has 3 aromatic rings. The predicted molar refractivity (Wildman–Crippen MR) is 226 cm³/mol. The molecule has 0 bridgehead atoms. The van der Waals surface area contributed by atoms with Crippen molar-refractivity contribution in [1.29, 1.82) is 0 Å². The van der Waals surface area contributed by atoms with Gasteiger partial charge in [0.1, 0.15) is 18.7 Å². The summed E-state index contributed by atoms with van der Waals surface area (Å²) in [6.07, 6.45) is 10.6. The molecule has 12 nitrogen and oxygen atoms in total. The molecule has 316 valence electrons. The number of hydrogen-bond acceptors (Lipinski definition) is 7. The van der Waals surface area contributed by atoms with E-state index in [-0.39, 0.29) is 37.7 Å². The molecule has 0 radical (unpaired) electrons. The molecule has 2 aromatic carbocycles. The molecule has 4 rings (SSSR count). The Kier molecular flexibility index (Phi) is 18.0. The van der Waals surface area contributed by atoms with E-state index in [1.807, 2.05) is 87.5 Å². The molecule has 1 saturated carbocycles. The summed E-state index contributed by atoms with van der Waals surface area (Å²) in [6, 6.07) is 16.0. The Hall–Kier alpha value is -4.97. The molecule has 1 heterocycles. The molecule has 58 heavy (non-hydrogen) atoms. The van der Waals surface area contributed by atoms with Gasteiger partial charge in [0.2, 0.25) is 17.7 Å². The highest BCUT2D eigenvalue weighted by Crippen LogP contribution is 2.30. The van der Waals surface area contributed by atoms with E-state index in [0.717, 1.165) is 36.8 Å². The lowest BCUT2D eigenvalue weighted by atomic mass is 9.81. The number of aliphatic hydroxyl groups is 1. The molecular formula is C46H66N6O6. The maximum Gasteiger partial charge on any atom is 0.407 e. The van der Waals surface area contributed by atoms with Crippen LogP contribution in [-0.2, 0) is 38.4 Å². The van der Waals surface area contributed by atoms with Crippen molar-refractivity contribution in [3.63, 3.8) is 0 Å². The number of carbonyl (C=O) groups excluding carboxylic acids is 4. The maximum atomic E-state index is 14.4. The van der Waals surface area contributed by atoms with Crippen LogP contribution in [0, 0.1) is 23.7 Å². The van der Waals surface area contributed by atoms with Gasteiger partial charge in [-0.1, -0.05) is 113 Å². The molecule has 1 aliphatic carbocycles. The van der Waals surface area contributed by atoms with Gasteiger partial charge in [-0.3, -0.25) is 14.4 Å². The van der Waals surface area contributed by atoms with Crippen molar-refractivity contribution in [2.75, 3.05) is 6.61 Å². The number of aromatic nitrogens is 2. The van der Waals surface area contributed by atoms with Gasteiger partial charge in [0.05, 0.1) is 24.4 Å². The molecule has 0 spiro atoms. The summed E-state index contributed by atoms with van der Waals surface area (Å²) in [5, 5.41) is 23.5. The number of benzene rings is 2. The number of amides is 4. The molecule has 0 aliphatic heterocycles. The van der Waals surface area contributed by atoms with Gasteiger partial charge in [-0.05, 0) is 68.9 Å². The number of nitrogens with zero attached hydrogens (tertiary/aromatic N) is 1. The van der Waals surface area contributed by atoms with E-state index < -0.39 is 59.5 Å². The number of ether oxygens (including phenoxy) is 1. The third-order valence-electron chi connectivity index (χ3n) is 10.9. The Morgan fingerprint density at radius 1 is 0.862 bits per heavy atom. The van der Waals surface area contributed by atoms with Crippen molar-refractivity contribution in [2.45, 2.75) is 129 Å². The van der Waals surface area contributed by atoms with E-state index >= 15 is 0 Å². The van der Waals surface area contributed by atoms with E-state index in [4.69, 9.17) is 4.74 Å². The van der Waals surface area contributed by atoms with Crippen molar-refractivity contribution in [3.05, 3.63) is 103 Å². The molecule has 6 atom stereocenters. The molecule has 1 fully saturated rings. The van der Waals surface area contributed by atoms with Gasteiger partial charge in [-0.15, -0.1) is 6.58 Å². The number of alkyl carbamates (subject to hydrolysis) is 1. The first kappa shape index (κ1) is 45.7. The van der Waals surface area contributed by atoms with Gasteiger partial charge in [0.15, 0.2) is 0 Å². The minimum absolute atomic E-state index is 0.0626. The summed E-state index contributed by atoms with van der Waals surface area (Å²) in [5.74, 6) is -1.60. The highest BCUT2D eigenvalue weighted by atomic mass is 16.5. The van der Waals surface area contributed by atoms with Crippen LogP contribution < -0.4 is 21.3 Å². The van der Waals surface area contributed by atoms with Gasteiger partial charge in [0, 0.05) is 30.3 Å². The minimum atomic E-state index is -1.09. The summed E-state index contributed by atoms with van der Waals surface area (Å²) in [5.41, 5.74) is 1.76. The minimum Gasteiger partial charge on any atom is -0.449 e. The van der Waals surface area contributed by atoms with Crippen LogP contribution in [0.2, 0.25) is 0 Å². The number of aromatic amines is 1. The fourth-order valence-corrected chi connectivity index (χ4v) is 7.55. The lowest BCUT2D eigenvalue weighted by Crippen LogP contribution is -2.58. The summed E-state index contributed by atoms with van der Waals surface area (Å²) in [4.78, 5) is 62.8. The predicted octanol–water partition coefficient (Wildman–Crippen LogP) is 6.21. The molecule has 0 unspecified atom stereocenters. The van der Waals surface area contributed by atoms with E-state index in [2.05, 4.69) is 51.7 Å². The number of allylic oxidation sites excluding steroid dienone is 1. The van der Waals surface area contributed by atoms with E-state index in [0.29, 0.717) is 24.5 Å². The monoisotopic (exact) mass is 799 g/mol. The SMILES string of the molecule is C=C[C@@H](C[C@H](O)[C@H](CC1CCCCC1)NC(=O)[C@H](Cc1cnc[nH]1)NC(=O)[C@H](Cc1ccccc1)NC(=O)[C@H](COC(=O)NC(C)(C)C)Cc1ccccc1)C(C)C. The number of rotatable bonds is 21. The van der Waals surface area contributed by atoms with Crippen LogP contribution in [0.25, 0.3) is 0 Å². The highest BCUT2D eigenvalue weighted by Gasteiger charge is 2.34. The smallest absolute Gasteiger partial charge is 0.407 e. The summed E-state index contributed by atoms with van der Waals surface area (Å²) in [7, 11) is 0. The molecule has 4 amide bonds. The number of H-pyrrole nitrogens is 1. The molecule has 6 N–H and O–H groups in total. The van der Waals surface area contributed by atoms with Gasteiger partial charge in [-0.2, -0.15) is 0 Å². The zero-order valence-electron chi connectivity index (χ0n) is 35.0. The first-order valence-corrected chi connectivity index (χ1v) is 20.9. The first-order chi connectivity index (χ1) is 27.7. The lowest BCUT2D eigenvalue weighted by molar-refractivity contribution is -0.134. The summed E-state index contributed by atoms with van der Waals surface area (Å²) in [6.45, 7) is 13.5. The second-order valence-electron chi connectivity index (χ2n) is 17.3. The fourth-order valence-electron chi connectivity index (χ4n) is 7.55. The average Bonchev–Trinajstić information content (AvgIpc) is 3.71. The zero-order valence-corrected chi connectivity index (χ0v) is 35.0. The van der Waals surface area contributed by atoms with Crippen molar-refractivity contribution < 1.29 is 29.0 Å². The van der Waals surface area contributed by atoms with Crippen LogP contribution in [0.4, 0.5) is 4.79 Å². The van der Waals surface area contributed by atoms with Gasteiger partial charge in [0.25, 0.3) is 0 Å². The van der Waals surface area contributed by atoms with Crippen molar-refractivity contribution in [1.82, 2.24) is 31.2 Å². The topological polar surface area (TPSA) is 175 Å². The third kappa shape index (κ3) is 15.8. The Morgan fingerprint density at radius 3 is 2.02 bits per heavy atom.